The number of carbonyl (C=O) groups is 6. The number of Topliss-reactive ketones (excluding diaryl/α,β-unsaturated/α-hetero) is 1. The fourth-order valence-electron chi connectivity index (χ4n) is 4.53. The third-order valence-electron chi connectivity index (χ3n) is 7.20. The van der Waals surface area contributed by atoms with E-state index in [4.69, 9.17) is 10.5 Å². The fraction of sp³-hybridized carbons (Fsp3) is 0.562. The predicted octanol–water partition coefficient (Wildman–Crippen LogP) is 2.17. The van der Waals surface area contributed by atoms with Crippen molar-refractivity contribution >= 4 is 41.2 Å². The summed E-state index contributed by atoms with van der Waals surface area (Å²) in [7, 11) is 0. The Hall–Kier alpha value is -4.26. The number of hydrogen-bond donors (Lipinski definition) is 5. The van der Waals surface area contributed by atoms with Crippen LogP contribution in [0.3, 0.4) is 0 Å². The quantitative estimate of drug-likeness (QED) is 0.0815. The molecule has 1 heterocycles. The number of carbonyl (C=O) groups excluding carboxylic acids is 6. The van der Waals surface area contributed by atoms with Crippen LogP contribution in [0.4, 0.5) is 10.5 Å². The zero-order valence-corrected chi connectivity index (χ0v) is 26.4. The predicted molar refractivity (Wildman–Crippen MR) is 167 cm³/mol. The molecule has 0 fully saturated rings. The van der Waals surface area contributed by atoms with Crippen LogP contribution < -0.4 is 21.7 Å². The van der Waals surface area contributed by atoms with E-state index in [9.17, 15) is 33.9 Å². The highest BCUT2D eigenvalue weighted by Gasteiger charge is 2.25. The number of imide groups is 1. The second-order valence-electron chi connectivity index (χ2n) is 12.1. The van der Waals surface area contributed by atoms with Gasteiger partial charge in [-0.1, -0.05) is 18.6 Å². The summed E-state index contributed by atoms with van der Waals surface area (Å²) in [4.78, 5) is 73.0. The van der Waals surface area contributed by atoms with Gasteiger partial charge in [0.05, 0.1) is 12.0 Å². The summed E-state index contributed by atoms with van der Waals surface area (Å²) in [5.41, 5.74) is 6.19. The van der Waals surface area contributed by atoms with Crippen molar-refractivity contribution in [3.8, 4) is 0 Å². The Morgan fingerprint density at radius 1 is 0.978 bits per heavy atom. The van der Waals surface area contributed by atoms with Gasteiger partial charge in [0.2, 0.25) is 5.91 Å². The van der Waals surface area contributed by atoms with Gasteiger partial charge in [-0.2, -0.15) is 0 Å². The molecule has 5 amide bonds. The molecule has 1 aliphatic rings. The van der Waals surface area contributed by atoms with Crippen LogP contribution in [-0.4, -0.2) is 77.8 Å². The number of ether oxygens (including phenoxy) is 1. The fourth-order valence-corrected chi connectivity index (χ4v) is 4.53. The Labute approximate surface area is 264 Å². The molecular formula is C32H47N5O8. The first-order chi connectivity index (χ1) is 21.3. The van der Waals surface area contributed by atoms with Gasteiger partial charge in [0.25, 0.3) is 11.8 Å². The van der Waals surface area contributed by atoms with E-state index in [1.54, 1.807) is 20.8 Å². The van der Waals surface area contributed by atoms with E-state index in [-0.39, 0.29) is 61.4 Å². The number of nitrogens with zero attached hydrogens (tertiary/aromatic N) is 1. The molecule has 0 saturated carbocycles. The minimum Gasteiger partial charge on any atom is -0.460 e. The van der Waals surface area contributed by atoms with Crippen molar-refractivity contribution in [3.63, 3.8) is 0 Å². The van der Waals surface area contributed by atoms with Gasteiger partial charge in [-0.05, 0) is 70.1 Å². The number of anilines is 1. The van der Waals surface area contributed by atoms with Crippen molar-refractivity contribution in [2.24, 2.45) is 17.1 Å². The summed E-state index contributed by atoms with van der Waals surface area (Å²) >= 11 is 0. The number of urea groups is 1. The van der Waals surface area contributed by atoms with E-state index < -0.39 is 24.1 Å². The van der Waals surface area contributed by atoms with Crippen molar-refractivity contribution in [3.05, 3.63) is 42.0 Å². The van der Waals surface area contributed by atoms with Crippen LogP contribution in [0.15, 0.2) is 36.4 Å². The number of unbranched alkanes of at least 4 members (excludes halogenated alkanes) is 2. The second-order valence-corrected chi connectivity index (χ2v) is 12.1. The number of nitrogens with two attached hydrogens (primary N) is 1. The van der Waals surface area contributed by atoms with Gasteiger partial charge in [-0.3, -0.25) is 28.9 Å². The summed E-state index contributed by atoms with van der Waals surface area (Å²) in [6.07, 6.45) is 5.49. The molecule has 6 N–H and O–H groups in total. The molecule has 2 rings (SSSR count). The van der Waals surface area contributed by atoms with Crippen molar-refractivity contribution in [2.75, 3.05) is 31.6 Å². The average Bonchev–Trinajstić information content (AvgIpc) is 3.31. The maximum Gasteiger partial charge on any atom is 0.312 e. The zero-order chi connectivity index (χ0) is 33.4. The molecule has 0 radical (unpaired) electrons. The Kier molecular flexibility index (Phi) is 15.2. The standard InChI is InChI=1S/C32H47N5O8/c1-32(2,3)30(43)45-21-22-10-12-24(13-11-22)35-19-23(8-7-16-34-31(33)44)18-26(39)25(20-38)36-27(40)9-5-4-6-17-37-28(41)14-15-29(37)42/h10-15,23,25,35,38H,4-9,16-21H2,1-3H3,(H,36,40)(H3,33,34,44)/t23-,25+/m1/s1. The Bertz CT molecular complexity index is 1190. The molecule has 0 aromatic heterocycles. The monoisotopic (exact) mass is 629 g/mol. The number of hydrogen-bond acceptors (Lipinski definition) is 9. The first-order valence-corrected chi connectivity index (χ1v) is 15.3. The summed E-state index contributed by atoms with van der Waals surface area (Å²) in [6.45, 7) is 6.04. The van der Waals surface area contributed by atoms with Crippen LogP contribution in [-0.2, 0) is 35.3 Å². The zero-order valence-electron chi connectivity index (χ0n) is 26.4. The van der Waals surface area contributed by atoms with Gasteiger partial charge >= 0.3 is 12.0 Å². The normalized spacial score (nSPS) is 14.2. The van der Waals surface area contributed by atoms with E-state index in [1.165, 1.54) is 12.2 Å². The van der Waals surface area contributed by atoms with Crippen LogP contribution in [0.25, 0.3) is 0 Å². The Morgan fingerprint density at radius 2 is 1.64 bits per heavy atom. The molecule has 0 saturated heterocycles. The summed E-state index contributed by atoms with van der Waals surface area (Å²) < 4.78 is 5.35. The van der Waals surface area contributed by atoms with Crippen molar-refractivity contribution in [1.82, 2.24) is 15.5 Å². The lowest BCUT2D eigenvalue weighted by Gasteiger charge is -2.21. The van der Waals surface area contributed by atoms with Gasteiger partial charge in [-0.25, -0.2) is 4.79 Å². The molecule has 0 spiro atoms. The van der Waals surface area contributed by atoms with Crippen molar-refractivity contribution in [2.45, 2.75) is 78.4 Å². The molecule has 1 aromatic rings. The van der Waals surface area contributed by atoms with E-state index in [0.29, 0.717) is 45.2 Å². The van der Waals surface area contributed by atoms with E-state index in [2.05, 4.69) is 16.0 Å². The van der Waals surface area contributed by atoms with Gasteiger partial charge in [0.15, 0.2) is 5.78 Å². The van der Waals surface area contributed by atoms with Crippen LogP contribution in [0.5, 0.6) is 0 Å². The molecule has 0 bridgehead atoms. The minimum absolute atomic E-state index is 0.0852. The molecule has 1 aliphatic heterocycles. The van der Waals surface area contributed by atoms with Gasteiger partial charge in [0.1, 0.15) is 12.6 Å². The number of esters is 1. The smallest absolute Gasteiger partial charge is 0.312 e. The number of amides is 5. The van der Waals surface area contributed by atoms with Gasteiger partial charge < -0.3 is 31.5 Å². The largest absolute Gasteiger partial charge is 0.460 e. The topological polar surface area (TPSA) is 197 Å². The summed E-state index contributed by atoms with van der Waals surface area (Å²) in [6, 6.07) is 5.70. The van der Waals surface area contributed by atoms with E-state index in [1.807, 2.05) is 24.3 Å². The summed E-state index contributed by atoms with van der Waals surface area (Å²) in [5, 5.41) is 18.3. The van der Waals surface area contributed by atoms with Crippen molar-refractivity contribution in [1.29, 1.82) is 0 Å². The highest BCUT2D eigenvalue weighted by molar-refractivity contribution is 6.12. The molecule has 0 aliphatic carbocycles. The van der Waals surface area contributed by atoms with Crippen LogP contribution in [0.2, 0.25) is 0 Å². The second kappa shape index (κ2) is 18.5. The van der Waals surface area contributed by atoms with Crippen LogP contribution >= 0.6 is 0 Å². The molecule has 13 heteroatoms. The van der Waals surface area contributed by atoms with E-state index >= 15 is 0 Å². The number of ketones is 1. The SMILES string of the molecule is CC(C)(C)C(=O)OCc1ccc(NC[C@H](CCCNC(N)=O)CC(=O)[C@H](CO)NC(=O)CCCCCN2C(=O)C=CC2=O)cc1. The molecule has 1 aromatic carbocycles. The van der Waals surface area contributed by atoms with Crippen LogP contribution in [0.1, 0.15) is 71.3 Å². The minimum atomic E-state index is -1.05. The number of aliphatic hydroxyl groups excluding tert-OH is 1. The molecule has 248 valence electrons. The number of primary amides is 1. The lowest BCUT2D eigenvalue weighted by molar-refractivity contribution is -0.154. The van der Waals surface area contributed by atoms with E-state index in [0.717, 1.165) is 16.2 Å². The molecular weight excluding hydrogens is 582 g/mol. The lowest BCUT2D eigenvalue weighted by Crippen LogP contribution is -2.44. The number of aliphatic hydroxyl groups is 1. The number of rotatable bonds is 20. The third-order valence-corrected chi connectivity index (χ3v) is 7.20. The molecule has 13 nitrogen and oxygen atoms in total. The van der Waals surface area contributed by atoms with Crippen molar-refractivity contribution < 1.29 is 38.6 Å². The number of nitrogens with one attached hydrogen (secondary N) is 3. The summed E-state index contributed by atoms with van der Waals surface area (Å²) in [5.74, 6) is -1.82. The molecule has 2 atom stereocenters. The Balaban J connectivity index is 1.84. The maximum atomic E-state index is 13.1. The average molecular weight is 630 g/mol. The Morgan fingerprint density at radius 3 is 2.24 bits per heavy atom. The van der Waals surface area contributed by atoms with Gasteiger partial charge in [0, 0.05) is 50.3 Å². The highest BCUT2D eigenvalue weighted by Crippen LogP contribution is 2.19. The highest BCUT2D eigenvalue weighted by atomic mass is 16.5. The third kappa shape index (κ3) is 13.9. The van der Waals surface area contributed by atoms with Crippen LogP contribution in [0, 0.1) is 11.3 Å². The molecule has 0 unspecified atom stereocenters. The van der Waals surface area contributed by atoms with Gasteiger partial charge in [-0.15, -0.1) is 0 Å². The lowest BCUT2D eigenvalue weighted by atomic mass is 9.94. The number of benzene rings is 1. The first-order valence-electron chi connectivity index (χ1n) is 15.3. The first kappa shape index (κ1) is 36.9. The maximum absolute atomic E-state index is 13.1. The molecule has 45 heavy (non-hydrogen) atoms.